The maximum Gasteiger partial charge on any atom is 0.255 e. The van der Waals surface area contributed by atoms with Crippen molar-refractivity contribution in [3.05, 3.63) is 46.1 Å². The van der Waals surface area contributed by atoms with Gasteiger partial charge in [-0.1, -0.05) is 20.8 Å². The number of hydrogen-bond acceptors (Lipinski definition) is 5. The third-order valence-corrected chi connectivity index (χ3v) is 4.79. The maximum absolute atomic E-state index is 12.5. The van der Waals surface area contributed by atoms with Crippen LogP contribution in [0, 0.1) is 5.41 Å². The number of anilines is 1. The molecule has 4 rings (SSSR count). The molecule has 1 amide bonds. The first-order valence-electron chi connectivity index (χ1n) is 9.41. The normalized spacial score (nSPS) is 14.0. The molecule has 1 aliphatic rings. The Balaban J connectivity index is 1.82. The van der Waals surface area contributed by atoms with Crippen molar-refractivity contribution in [1.29, 1.82) is 0 Å². The average Bonchev–Trinajstić information content (AvgIpc) is 3.30. The molecule has 8 nitrogen and oxygen atoms in total. The van der Waals surface area contributed by atoms with Crippen LogP contribution in [0.4, 0.5) is 5.82 Å². The monoisotopic (exact) mass is 381 g/mol. The molecule has 0 radical (unpaired) electrons. The second kappa shape index (κ2) is 6.78. The predicted octanol–water partition coefficient (Wildman–Crippen LogP) is 3.08. The van der Waals surface area contributed by atoms with Crippen molar-refractivity contribution in [2.45, 2.75) is 46.5 Å². The first kappa shape index (κ1) is 18.2. The van der Waals surface area contributed by atoms with Gasteiger partial charge in [0, 0.05) is 17.0 Å². The van der Waals surface area contributed by atoms with E-state index in [1.807, 2.05) is 20.8 Å². The van der Waals surface area contributed by atoms with Crippen LogP contribution >= 0.6 is 0 Å². The molecule has 0 fully saturated rings. The first-order chi connectivity index (χ1) is 13.3. The Morgan fingerprint density at radius 2 is 2.07 bits per heavy atom. The zero-order chi connectivity index (χ0) is 19.9. The summed E-state index contributed by atoms with van der Waals surface area (Å²) in [6.45, 7) is 5.49. The molecule has 0 aliphatic heterocycles. The third kappa shape index (κ3) is 3.37. The highest BCUT2D eigenvalue weighted by molar-refractivity contribution is 5.94. The molecule has 0 atom stereocenters. The van der Waals surface area contributed by atoms with E-state index in [0.29, 0.717) is 17.3 Å². The Hall–Kier alpha value is -3.16. The van der Waals surface area contributed by atoms with Crippen molar-refractivity contribution in [3.8, 4) is 17.4 Å². The summed E-state index contributed by atoms with van der Waals surface area (Å²) >= 11 is 0. The lowest BCUT2D eigenvalue weighted by atomic mass is 9.96. The number of carbonyl (C=O) groups excluding carboxylic acids is 1. The van der Waals surface area contributed by atoms with E-state index >= 15 is 0 Å². The van der Waals surface area contributed by atoms with Gasteiger partial charge in [0.15, 0.2) is 5.76 Å². The van der Waals surface area contributed by atoms with E-state index in [1.165, 1.54) is 4.68 Å². The van der Waals surface area contributed by atoms with Gasteiger partial charge in [-0.3, -0.25) is 14.6 Å². The number of furan rings is 1. The van der Waals surface area contributed by atoms with Crippen molar-refractivity contribution in [2.24, 2.45) is 5.41 Å². The largest absolute Gasteiger partial charge is 0.463 e. The highest BCUT2D eigenvalue weighted by Gasteiger charge is 2.25. The number of nitrogens with zero attached hydrogens (tertiary/aromatic N) is 3. The number of aromatic amines is 1. The fourth-order valence-electron chi connectivity index (χ4n) is 3.17. The van der Waals surface area contributed by atoms with Gasteiger partial charge >= 0.3 is 0 Å². The zero-order valence-electron chi connectivity index (χ0n) is 16.2. The fourth-order valence-corrected chi connectivity index (χ4v) is 3.17. The van der Waals surface area contributed by atoms with Gasteiger partial charge in [-0.05, 0) is 37.8 Å². The standard InChI is InChI=1S/C20H23N5O3/c1-20(2,3)18(27)22-16-11-14(15-9-6-10-28-15)24-25(16)19-21-13-8-5-4-7-12(13)17(26)23-19/h6,9-11H,4-5,7-8H2,1-3H3,(H,22,27)(H,21,23,26). The molecule has 0 spiro atoms. The van der Waals surface area contributed by atoms with Crippen LogP contribution in [0.3, 0.4) is 0 Å². The maximum atomic E-state index is 12.5. The van der Waals surface area contributed by atoms with E-state index in [2.05, 4.69) is 20.4 Å². The molecule has 8 heteroatoms. The number of hydrogen-bond donors (Lipinski definition) is 2. The molecular formula is C20H23N5O3. The third-order valence-electron chi connectivity index (χ3n) is 4.79. The number of H-pyrrole nitrogens is 1. The van der Waals surface area contributed by atoms with E-state index < -0.39 is 5.41 Å². The van der Waals surface area contributed by atoms with E-state index in [-0.39, 0.29) is 17.4 Å². The van der Waals surface area contributed by atoms with Crippen molar-refractivity contribution >= 4 is 11.7 Å². The van der Waals surface area contributed by atoms with Crippen molar-refractivity contribution in [1.82, 2.24) is 19.7 Å². The minimum Gasteiger partial charge on any atom is -0.463 e. The molecule has 0 bridgehead atoms. The number of aromatic nitrogens is 4. The molecule has 0 unspecified atom stereocenters. The lowest BCUT2D eigenvalue weighted by Gasteiger charge is -2.18. The van der Waals surface area contributed by atoms with Crippen LogP contribution in [-0.2, 0) is 17.6 Å². The summed E-state index contributed by atoms with van der Waals surface area (Å²) in [4.78, 5) is 32.5. The summed E-state index contributed by atoms with van der Waals surface area (Å²) < 4.78 is 6.89. The highest BCUT2D eigenvalue weighted by atomic mass is 16.3. The molecule has 3 aromatic heterocycles. The molecule has 0 aromatic carbocycles. The van der Waals surface area contributed by atoms with E-state index in [9.17, 15) is 9.59 Å². The summed E-state index contributed by atoms with van der Waals surface area (Å²) in [5, 5.41) is 7.41. The van der Waals surface area contributed by atoms with Crippen LogP contribution in [0.2, 0.25) is 0 Å². The van der Waals surface area contributed by atoms with Crippen molar-refractivity contribution in [3.63, 3.8) is 0 Å². The molecule has 3 aromatic rings. The Morgan fingerprint density at radius 1 is 1.29 bits per heavy atom. The molecule has 3 heterocycles. The lowest BCUT2D eigenvalue weighted by molar-refractivity contribution is -0.123. The predicted molar refractivity (Wildman–Crippen MR) is 104 cm³/mol. The average molecular weight is 381 g/mol. The van der Waals surface area contributed by atoms with Gasteiger partial charge in [0.05, 0.1) is 12.0 Å². The number of aryl methyl sites for hydroxylation is 1. The topological polar surface area (TPSA) is 106 Å². The van der Waals surface area contributed by atoms with Gasteiger partial charge < -0.3 is 9.73 Å². The molecule has 1 aliphatic carbocycles. The Morgan fingerprint density at radius 3 is 2.79 bits per heavy atom. The SMILES string of the molecule is CC(C)(C)C(=O)Nc1cc(-c2ccco2)nn1-c1nc2c(c(=O)[nH]1)CCCC2. The second-order valence-electron chi connectivity index (χ2n) is 8.03. The Bertz CT molecular complexity index is 1070. The molecule has 2 N–H and O–H groups in total. The molecule has 0 saturated carbocycles. The van der Waals surface area contributed by atoms with Gasteiger partial charge in [-0.2, -0.15) is 9.78 Å². The fraction of sp³-hybridized carbons (Fsp3) is 0.400. The van der Waals surface area contributed by atoms with Gasteiger partial charge in [0.25, 0.3) is 5.56 Å². The summed E-state index contributed by atoms with van der Waals surface area (Å²) in [5.41, 5.74) is 1.34. The minimum absolute atomic E-state index is 0.150. The van der Waals surface area contributed by atoms with E-state index in [0.717, 1.165) is 36.9 Å². The van der Waals surface area contributed by atoms with Gasteiger partial charge in [-0.15, -0.1) is 0 Å². The molecule has 146 valence electrons. The van der Waals surface area contributed by atoms with E-state index in [4.69, 9.17) is 4.42 Å². The van der Waals surface area contributed by atoms with Crippen LogP contribution < -0.4 is 10.9 Å². The summed E-state index contributed by atoms with van der Waals surface area (Å²) in [6, 6.07) is 5.26. The van der Waals surface area contributed by atoms with Gasteiger partial charge in [-0.25, -0.2) is 4.98 Å². The van der Waals surface area contributed by atoms with Gasteiger partial charge in [0.1, 0.15) is 11.5 Å². The summed E-state index contributed by atoms with van der Waals surface area (Å²) in [5.74, 6) is 1.10. The second-order valence-corrected chi connectivity index (χ2v) is 8.03. The lowest BCUT2D eigenvalue weighted by Crippen LogP contribution is -2.29. The quantitative estimate of drug-likeness (QED) is 0.725. The number of fused-ring (bicyclic) bond motifs is 1. The summed E-state index contributed by atoms with van der Waals surface area (Å²) in [6.07, 6.45) is 5.06. The number of nitrogens with one attached hydrogen (secondary N) is 2. The Labute approximate surface area is 162 Å². The summed E-state index contributed by atoms with van der Waals surface area (Å²) in [7, 11) is 0. The number of rotatable bonds is 3. The van der Waals surface area contributed by atoms with Crippen molar-refractivity contribution < 1.29 is 9.21 Å². The highest BCUT2D eigenvalue weighted by Crippen LogP contribution is 2.26. The smallest absolute Gasteiger partial charge is 0.255 e. The molecular weight excluding hydrogens is 358 g/mol. The first-order valence-corrected chi connectivity index (χ1v) is 9.41. The van der Waals surface area contributed by atoms with Crippen LogP contribution in [-0.4, -0.2) is 25.7 Å². The van der Waals surface area contributed by atoms with Crippen molar-refractivity contribution in [2.75, 3.05) is 5.32 Å². The molecule has 0 saturated heterocycles. The molecule has 28 heavy (non-hydrogen) atoms. The van der Waals surface area contributed by atoms with Crippen LogP contribution in [0.1, 0.15) is 44.9 Å². The number of carbonyl (C=O) groups is 1. The zero-order valence-corrected chi connectivity index (χ0v) is 16.2. The minimum atomic E-state index is -0.587. The number of amides is 1. The van der Waals surface area contributed by atoms with Crippen LogP contribution in [0.25, 0.3) is 17.4 Å². The van der Waals surface area contributed by atoms with Gasteiger partial charge in [0.2, 0.25) is 11.9 Å². The van der Waals surface area contributed by atoms with Crippen LogP contribution in [0.15, 0.2) is 33.7 Å². The van der Waals surface area contributed by atoms with Crippen LogP contribution in [0.5, 0.6) is 0 Å². The van der Waals surface area contributed by atoms with E-state index in [1.54, 1.807) is 24.5 Å². The Kier molecular flexibility index (Phi) is 4.41.